The number of hydrogen-bond donors (Lipinski definition) is 1. The van der Waals surface area contributed by atoms with Crippen LogP contribution in [0.5, 0.6) is 0 Å². The van der Waals surface area contributed by atoms with E-state index in [9.17, 15) is 0 Å². The van der Waals surface area contributed by atoms with E-state index in [1.54, 1.807) is 0 Å². The molecule has 0 heterocycles. The smallest absolute Gasteiger partial charge is 0.300 e. The van der Waals surface area contributed by atoms with E-state index in [0.717, 1.165) is 6.92 Å². The molecule has 0 rings (SSSR count). The topological polar surface area (TPSA) is 352 Å². The third kappa shape index (κ3) is 11100. The Morgan fingerprint density at radius 3 is 0.647 bits per heavy atom. The molecule has 0 bridgehead atoms. The average Bonchev–Trinajstić information content (AvgIpc) is 0.811. The van der Waals surface area contributed by atoms with Crippen molar-refractivity contribution in [2.24, 2.45) is 0 Å². The second-order valence-corrected chi connectivity index (χ2v) is 0.519. The summed E-state index contributed by atoms with van der Waals surface area (Å²) in [5, 5.41) is 7.42. The molecule has 2 radical (unpaired) electrons. The van der Waals surface area contributed by atoms with Crippen molar-refractivity contribution in [3.05, 3.63) is 0 Å². The molecule has 17 heavy (non-hydrogen) atoms. The Labute approximate surface area is 128 Å². The fourth-order valence-electron chi connectivity index (χ4n) is 0. The molecule has 0 aliphatic carbocycles. The minimum Gasteiger partial charge on any atom is -0.481 e. The van der Waals surface area contributed by atoms with Crippen LogP contribution in [0.4, 0.5) is 0 Å². The van der Waals surface area contributed by atoms with Crippen molar-refractivity contribution in [3.63, 3.8) is 0 Å². The van der Waals surface area contributed by atoms with Crippen LogP contribution in [0.15, 0.2) is 0 Å². The summed E-state index contributed by atoms with van der Waals surface area (Å²) in [5.74, 6) is -0.833. The van der Waals surface area contributed by atoms with Crippen molar-refractivity contribution in [2.75, 3.05) is 0 Å². The van der Waals surface area contributed by atoms with Crippen molar-refractivity contribution in [3.8, 4) is 0 Å². The summed E-state index contributed by atoms with van der Waals surface area (Å²) in [4.78, 5) is 9.00. The molecule has 15 heteroatoms. The summed E-state index contributed by atoms with van der Waals surface area (Å²) in [6.07, 6.45) is 0. The number of carboxylic acids is 1. The largest absolute Gasteiger partial charge is 0.481 e. The van der Waals surface area contributed by atoms with E-state index >= 15 is 0 Å². The van der Waals surface area contributed by atoms with Gasteiger partial charge < -0.3 is 59.9 Å². The van der Waals surface area contributed by atoms with Crippen molar-refractivity contribution < 1.29 is 98.2 Å². The van der Waals surface area contributed by atoms with Gasteiger partial charge in [-0.25, -0.2) is 0 Å². The Morgan fingerprint density at radius 1 is 0.647 bits per heavy atom. The van der Waals surface area contributed by atoms with E-state index in [2.05, 4.69) is 0 Å². The molecule has 0 saturated carbocycles. The van der Waals surface area contributed by atoms with Gasteiger partial charge in [0, 0.05) is 40.5 Å². The first kappa shape index (κ1) is 380. The minimum absolute atomic E-state index is 0. The van der Waals surface area contributed by atoms with Crippen LogP contribution >= 0.6 is 17.0 Å². The number of aliphatic carboxylic acids is 1. The molecule has 130 valence electrons. The summed E-state index contributed by atoms with van der Waals surface area (Å²) >= 11 is 0. The van der Waals surface area contributed by atoms with Crippen LogP contribution < -0.4 is 0 Å². The fraction of sp³-hybridized carbons (Fsp3) is 0.500. The van der Waals surface area contributed by atoms with Gasteiger partial charge in [0.15, 0.2) is 0 Å². The normalized spacial score (nSPS) is 1.47. The van der Waals surface area contributed by atoms with Crippen LogP contribution in [0.2, 0.25) is 0 Å². The van der Waals surface area contributed by atoms with Crippen LogP contribution in [0.25, 0.3) is 0 Å². The van der Waals surface area contributed by atoms with Gasteiger partial charge in [-0.1, -0.05) is 0 Å². The molecule has 0 aromatic rings. The Balaban J connectivity index is -0.000000000577. The van der Waals surface area contributed by atoms with Gasteiger partial charge >= 0.3 is 0 Å². The van der Waals surface area contributed by atoms with Gasteiger partial charge in [0.2, 0.25) is 0 Å². The zero-order valence-electron chi connectivity index (χ0n) is 8.43. The first-order valence-corrected chi connectivity index (χ1v) is 0.928. The number of hydrogen-bond acceptors (Lipinski definition) is 1. The first-order valence-electron chi connectivity index (χ1n) is 0.928. The minimum atomic E-state index is -0.833. The van der Waals surface area contributed by atoms with E-state index in [1.165, 1.54) is 0 Å². The van der Waals surface area contributed by atoms with Crippen molar-refractivity contribution in [2.45, 2.75) is 6.92 Å². The molecule has 21 N–H and O–H groups in total. The maximum Gasteiger partial charge on any atom is 0.300 e. The van der Waals surface area contributed by atoms with E-state index in [-0.39, 0.29) is 105 Å². The van der Waals surface area contributed by atoms with E-state index in [0.29, 0.717) is 0 Å². The van der Waals surface area contributed by atoms with E-state index in [1.807, 2.05) is 0 Å². The van der Waals surface area contributed by atoms with Crippen LogP contribution in [0.3, 0.4) is 0 Å². The molecule has 0 aromatic heterocycles. The standard InChI is InChI=1S/C2H4O2.BrH.2Co.10H2O/c1-2(3)4;;;;;;;;;;;;;/h1H3,(H,3,4);1H;;;10*1H2. The molecule has 12 nitrogen and oxygen atoms in total. The Bertz CT molecular complexity index is 45.5. The summed E-state index contributed by atoms with van der Waals surface area (Å²) in [7, 11) is 0. The first-order chi connectivity index (χ1) is 1.73. The van der Waals surface area contributed by atoms with Crippen molar-refractivity contribution in [1.82, 2.24) is 0 Å². The average molecular weight is 439 g/mol. The van der Waals surface area contributed by atoms with Crippen molar-refractivity contribution >= 4 is 23.0 Å². The van der Waals surface area contributed by atoms with Crippen LogP contribution in [0, 0.1) is 0 Å². The second kappa shape index (κ2) is 316. The van der Waals surface area contributed by atoms with Crippen LogP contribution in [-0.2, 0) is 38.4 Å². The van der Waals surface area contributed by atoms with Gasteiger partial charge in [0.1, 0.15) is 0 Å². The molecule has 0 atom stereocenters. The van der Waals surface area contributed by atoms with Gasteiger partial charge in [-0.15, -0.1) is 17.0 Å². The number of rotatable bonds is 0. The van der Waals surface area contributed by atoms with Gasteiger partial charge in [-0.05, 0) is 0 Å². The summed E-state index contributed by atoms with van der Waals surface area (Å²) in [6, 6.07) is 0. The molecule has 0 spiro atoms. The molecule has 0 aliphatic heterocycles. The molecule has 0 fully saturated rings. The monoisotopic (exact) mass is 438 g/mol. The summed E-state index contributed by atoms with van der Waals surface area (Å²) in [5.41, 5.74) is 0. The Hall–Kier alpha value is 0.563. The summed E-state index contributed by atoms with van der Waals surface area (Å²) < 4.78 is 0. The zero-order chi connectivity index (χ0) is 3.58. The van der Waals surface area contributed by atoms with Crippen LogP contribution in [-0.4, -0.2) is 65.8 Å². The number of halogens is 1. The Morgan fingerprint density at radius 2 is 0.647 bits per heavy atom. The molecule has 0 aliphatic rings. The third-order valence-electron chi connectivity index (χ3n) is 0. The quantitative estimate of drug-likeness (QED) is 0.384. The number of carboxylic acid groups (broad SMARTS) is 1. The maximum atomic E-state index is 9.00. The van der Waals surface area contributed by atoms with E-state index in [4.69, 9.17) is 9.90 Å². The maximum absolute atomic E-state index is 9.00. The molecule has 0 saturated heterocycles. The zero-order valence-corrected chi connectivity index (χ0v) is 12.2. The van der Waals surface area contributed by atoms with Gasteiger partial charge in [0.05, 0.1) is 0 Å². The molecule has 0 aromatic carbocycles. The van der Waals surface area contributed by atoms with Crippen LogP contribution in [0.1, 0.15) is 6.92 Å². The van der Waals surface area contributed by atoms with Gasteiger partial charge in [0.25, 0.3) is 5.97 Å². The third-order valence-corrected chi connectivity index (χ3v) is 0. The SMILES string of the molecule is Br.CC(=O)O.O.O.O.O.O.O.O.O.O.O.[Co].[Co]. The van der Waals surface area contributed by atoms with E-state index < -0.39 is 5.97 Å². The van der Waals surface area contributed by atoms with Gasteiger partial charge in [-0.3, -0.25) is 4.79 Å². The molecular weight excluding hydrogens is 414 g/mol. The fourth-order valence-corrected chi connectivity index (χ4v) is 0. The second-order valence-electron chi connectivity index (χ2n) is 0.519. The Kier molecular flexibility index (Phi) is 7050. The molecule has 0 amide bonds. The van der Waals surface area contributed by atoms with Crippen molar-refractivity contribution in [1.29, 1.82) is 0 Å². The number of carbonyl (C=O) groups is 1. The molecule has 0 unspecified atom stereocenters. The predicted molar refractivity (Wildman–Crippen MR) is 59.8 cm³/mol. The predicted octanol–water partition coefficient (Wildman–Crippen LogP) is -7.58. The van der Waals surface area contributed by atoms with Gasteiger partial charge in [-0.2, -0.15) is 0 Å². The molecular formula is C2H25BrCo2O12. The summed E-state index contributed by atoms with van der Waals surface area (Å²) in [6.45, 7) is 1.08.